The van der Waals surface area contributed by atoms with Gasteiger partial charge in [0, 0.05) is 19.0 Å². The van der Waals surface area contributed by atoms with Crippen molar-refractivity contribution in [3.63, 3.8) is 0 Å². The highest BCUT2D eigenvalue weighted by Crippen LogP contribution is 2.13. The lowest BCUT2D eigenvalue weighted by Gasteiger charge is -2.13. The van der Waals surface area contributed by atoms with Crippen molar-refractivity contribution in [3.8, 4) is 0 Å². The smallest absolute Gasteiger partial charge is 0.285 e. The maximum Gasteiger partial charge on any atom is 0.332 e. The van der Waals surface area contributed by atoms with Crippen LogP contribution >= 0.6 is 27.3 Å². The van der Waals surface area contributed by atoms with Gasteiger partial charge in [-0.2, -0.15) is 0 Å². The second kappa shape index (κ2) is 5.33. The zero-order valence-corrected chi connectivity index (χ0v) is 14.1. The molecule has 0 saturated heterocycles. The Morgan fingerprint density at radius 2 is 1.91 bits per heavy atom. The summed E-state index contributed by atoms with van der Waals surface area (Å²) in [5.41, 5.74) is -1.12. The summed E-state index contributed by atoms with van der Waals surface area (Å²) in [7, 11) is 2.90. The van der Waals surface area contributed by atoms with Gasteiger partial charge in [0.1, 0.15) is 0 Å². The fourth-order valence-corrected chi connectivity index (χ4v) is 3.37. The number of rotatable bonds is 2. The molecule has 9 heteroatoms. The van der Waals surface area contributed by atoms with Gasteiger partial charge < -0.3 is 0 Å². The molecule has 7 nitrogen and oxygen atoms in total. The molecule has 0 spiro atoms. The van der Waals surface area contributed by atoms with Crippen molar-refractivity contribution in [1.29, 1.82) is 0 Å². The molecule has 3 rings (SSSR count). The van der Waals surface area contributed by atoms with Crippen molar-refractivity contribution in [1.82, 2.24) is 18.7 Å². The summed E-state index contributed by atoms with van der Waals surface area (Å²) in [4.78, 5) is 41.8. The molecule has 114 valence electrons. The van der Waals surface area contributed by atoms with E-state index in [4.69, 9.17) is 0 Å². The quantitative estimate of drug-likeness (QED) is 0.652. The first kappa shape index (κ1) is 14.9. The highest BCUT2D eigenvalue weighted by atomic mass is 79.9. The van der Waals surface area contributed by atoms with E-state index >= 15 is 0 Å². The molecular weight excluding hydrogens is 372 g/mol. The van der Waals surface area contributed by atoms with Crippen LogP contribution in [0.1, 0.15) is 4.88 Å². The molecule has 3 heterocycles. The molecule has 0 aliphatic rings. The number of aromatic nitrogens is 4. The van der Waals surface area contributed by atoms with Crippen LogP contribution in [0.4, 0.5) is 0 Å². The summed E-state index contributed by atoms with van der Waals surface area (Å²) < 4.78 is 3.68. The molecule has 0 fully saturated rings. The molecule has 3 aromatic rings. The van der Waals surface area contributed by atoms with Gasteiger partial charge >= 0.3 is 5.69 Å². The van der Waals surface area contributed by atoms with Crippen LogP contribution in [0.2, 0.25) is 0 Å². The van der Waals surface area contributed by atoms with Crippen LogP contribution in [0.5, 0.6) is 0 Å². The summed E-state index contributed by atoms with van der Waals surface area (Å²) >= 11 is 4.59. The third kappa shape index (κ3) is 2.17. The molecular formula is C13H11BrN4O3S. The van der Waals surface area contributed by atoms with E-state index in [1.54, 1.807) is 0 Å². The van der Waals surface area contributed by atoms with Crippen LogP contribution in [0.25, 0.3) is 11.2 Å². The third-order valence-electron chi connectivity index (χ3n) is 3.39. The molecule has 0 bridgehead atoms. The van der Waals surface area contributed by atoms with Crippen molar-refractivity contribution < 1.29 is 0 Å². The van der Waals surface area contributed by atoms with E-state index in [0.717, 1.165) is 9.44 Å². The Bertz CT molecular complexity index is 1050. The van der Waals surface area contributed by atoms with Gasteiger partial charge in [0.25, 0.3) is 11.1 Å². The van der Waals surface area contributed by atoms with Crippen LogP contribution in [-0.2, 0) is 20.6 Å². The largest absolute Gasteiger partial charge is 0.332 e. The molecule has 0 amide bonds. The second-order valence-corrected chi connectivity index (χ2v) is 6.53. The van der Waals surface area contributed by atoms with Gasteiger partial charge in [-0.05, 0) is 27.4 Å². The highest BCUT2D eigenvalue weighted by Gasteiger charge is 2.17. The number of fused-ring (bicyclic) bond motifs is 1. The van der Waals surface area contributed by atoms with E-state index in [1.807, 2.05) is 17.5 Å². The van der Waals surface area contributed by atoms with E-state index in [1.165, 1.54) is 34.6 Å². The Labute approximate surface area is 136 Å². The topological polar surface area (TPSA) is 78.9 Å². The number of hydrogen-bond acceptors (Lipinski definition) is 5. The molecule has 0 unspecified atom stereocenters. The fourth-order valence-electron chi connectivity index (χ4n) is 2.28. The van der Waals surface area contributed by atoms with E-state index in [2.05, 4.69) is 20.9 Å². The van der Waals surface area contributed by atoms with Crippen molar-refractivity contribution >= 4 is 38.4 Å². The van der Waals surface area contributed by atoms with Crippen molar-refractivity contribution in [2.24, 2.45) is 14.1 Å². The maximum absolute atomic E-state index is 12.4. The van der Waals surface area contributed by atoms with Crippen LogP contribution in [0.15, 0.2) is 36.5 Å². The monoisotopic (exact) mass is 382 g/mol. The Morgan fingerprint density at radius 1 is 1.18 bits per heavy atom. The number of thiophene rings is 1. The van der Waals surface area contributed by atoms with Crippen LogP contribution in [0, 0.1) is 0 Å². The van der Waals surface area contributed by atoms with E-state index in [0.29, 0.717) is 0 Å². The molecule has 0 aliphatic heterocycles. The van der Waals surface area contributed by atoms with Crippen molar-refractivity contribution in [2.45, 2.75) is 6.54 Å². The standard InChI is InChI=1S/C13H11BrN4O3S/c1-16-10-8(11(19)17(2)13(16)21)15-9(14)12(20)18(10)6-7-4-3-5-22-7/h3-5H,6H2,1-2H3. The number of nitrogens with zero attached hydrogens (tertiary/aromatic N) is 4. The predicted molar refractivity (Wildman–Crippen MR) is 87.6 cm³/mol. The Hall–Kier alpha value is -2.00. The lowest BCUT2D eigenvalue weighted by molar-refractivity contribution is 0.668. The minimum absolute atomic E-state index is 0.0484. The van der Waals surface area contributed by atoms with Crippen molar-refractivity contribution in [2.75, 3.05) is 0 Å². The molecule has 0 aromatic carbocycles. The summed E-state index contributed by atoms with van der Waals surface area (Å²) in [6.45, 7) is 0.272. The first-order valence-electron chi connectivity index (χ1n) is 6.30. The minimum Gasteiger partial charge on any atom is -0.285 e. The second-order valence-electron chi connectivity index (χ2n) is 4.75. The zero-order chi connectivity index (χ0) is 16.0. The van der Waals surface area contributed by atoms with Gasteiger partial charge in [-0.1, -0.05) is 6.07 Å². The van der Waals surface area contributed by atoms with E-state index in [-0.39, 0.29) is 27.9 Å². The average molecular weight is 383 g/mol. The number of aryl methyl sites for hydroxylation is 1. The van der Waals surface area contributed by atoms with E-state index < -0.39 is 11.2 Å². The van der Waals surface area contributed by atoms with Crippen molar-refractivity contribution in [3.05, 3.63) is 58.2 Å². The molecule has 0 N–H and O–H groups in total. The normalized spacial score (nSPS) is 11.2. The summed E-state index contributed by atoms with van der Waals surface area (Å²) in [5.74, 6) is 0. The molecule has 0 aliphatic carbocycles. The van der Waals surface area contributed by atoms with Crippen LogP contribution < -0.4 is 16.8 Å². The van der Waals surface area contributed by atoms with Gasteiger partial charge in [-0.25, -0.2) is 9.78 Å². The molecule has 22 heavy (non-hydrogen) atoms. The van der Waals surface area contributed by atoms with Gasteiger partial charge in [-0.3, -0.25) is 23.3 Å². The minimum atomic E-state index is -0.529. The average Bonchev–Trinajstić information content (AvgIpc) is 3.00. The zero-order valence-electron chi connectivity index (χ0n) is 11.7. The number of halogens is 1. The predicted octanol–water partition coefficient (Wildman–Crippen LogP) is 0.666. The Kier molecular flexibility index (Phi) is 3.61. The molecule has 0 atom stereocenters. The lowest BCUT2D eigenvalue weighted by atomic mass is 10.4. The third-order valence-corrected chi connectivity index (χ3v) is 4.77. The van der Waals surface area contributed by atoms with Gasteiger partial charge in [0.05, 0.1) is 6.54 Å². The van der Waals surface area contributed by atoms with E-state index in [9.17, 15) is 14.4 Å². The summed E-state index contributed by atoms with van der Waals surface area (Å²) in [5, 5.41) is 1.90. The molecule has 3 aromatic heterocycles. The van der Waals surface area contributed by atoms with Gasteiger partial charge in [0.15, 0.2) is 15.8 Å². The Morgan fingerprint density at radius 3 is 2.55 bits per heavy atom. The number of hydrogen-bond donors (Lipinski definition) is 0. The van der Waals surface area contributed by atoms with Gasteiger partial charge in [0.2, 0.25) is 0 Å². The first-order chi connectivity index (χ1) is 10.4. The Balaban J connectivity index is 2.49. The SMILES string of the molecule is Cn1c(=O)c2nc(Br)c(=O)n(Cc3cccs3)c2n(C)c1=O. The molecule has 0 radical (unpaired) electrons. The first-order valence-corrected chi connectivity index (χ1v) is 7.97. The molecule has 0 saturated carbocycles. The fraction of sp³-hybridized carbons (Fsp3) is 0.231. The maximum atomic E-state index is 12.4. The van der Waals surface area contributed by atoms with Gasteiger partial charge in [-0.15, -0.1) is 11.3 Å². The van der Waals surface area contributed by atoms with Crippen LogP contribution in [-0.4, -0.2) is 18.7 Å². The van der Waals surface area contributed by atoms with Crippen LogP contribution in [0.3, 0.4) is 0 Å². The lowest BCUT2D eigenvalue weighted by Crippen LogP contribution is -2.40. The highest BCUT2D eigenvalue weighted by molar-refractivity contribution is 9.10. The summed E-state index contributed by atoms with van der Waals surface area (Å²) in [6.07, 6.45) is 0. The summed E-state index contributed by atoms with van der Waals surface area (Å²) in [6, 6.07) is 3.76.